The molecule has 0 saturated heterocycles. The van der Waals surface area contributed by atoms with Crippen LogP contribution < -0.4 is 15.2 Å². The minimum absolute atomic E-state index is 0. The van der Waals surface area contributed by atoms with Gasteiger partial charge in [-0.1, -0.05) is 41.1 Å². The molecule has 1 amide bonds. The summed E-state index contributed by atoms with van der Waals surface area (Å²) in [5.74, 6) is 1.22. The smallest absolute Gasteiger partial charge is 0.276 e. The monoisotopic (exact) mass is 429 g/mol. The summed E-state index contributed by atoms with van der Waals surface area (Å²) >= 11 is 0. The number of nitrogens with zero attached hydrogens (tertiary/aromatic N) is 4. The lowest BCUT2D eigenvalue weighted by Crippen LogP contribution is -2.30. The molecule has 4 rings (SSSR count). The Balaban J connectivity index is 0.00000256. The van der Waals surface area contributed by atoms with Gasteiger partial charge in [0.1, 0.15) is 0 Å². The van der Waals surface area contributed by atoms with Crippen LogP contribution in [-0.2, 0) is 19.6 Å². The van der Waals surface area contributed by atoms with E-state index >= 15 is 0 Å². The van der Waals surface area contributed by atoms with Crippen LogP contribution in [0.1, 0.15) is 27.2 Å². The Morgan fingerprint density at radius 1 is 1.10 bits per heavy atom. The maximum atomic E-state index is 13.2. The van der Waals surface area contributed by atoms with Crippen molar-refractivity contribution in [3.63, 3.8) is 0 Å². The number of benzene rings is 2. The molecule has 1 aliphatic heterocycles. The van der Waals surface area contributed by atoms with E-state index in [0.29, 0.717) is 37.6 Å². The predicted molar refractivity (Wildman–Crippen MR) is 114 cm³/mol. The molecule has 30 heavy (non-hydrogen) atoms. The van der Waals surface area contributed by atoms with Gasteiger partial charge in [0, 0.05) is 19.6 Å². The summed E-state index contributed by atoms with van der Waals surface area (Å²) in [6.07, 6.45) is 1.64. The second kappa shape index (κ2) is 9.60. The molecular formula is C21H24ClN5O3. The number of carbonyl (C=O) groups excluding carboxylic acids is 1. The molecule has 2 heterocycles. The number of aryl methyl sites for hydroxylation is 1. The van der Waals surface area contributed by atoms with E-state index in [2.05, 4.69) is 10.3 Å². The minimum Gasteiger partial charge on any atom is -0.454 e. The van der Waals surface area contributed by atoms with Gasteiger partial charge in [-0.3, -0.25) is 9.48 Å². The van der Waals surface area contributed by atoms with Crippen molar-refractivity contribution in [2.24, 2.45) is 5.73 Å². The molecule has 1 aliphatic rings. The zero-order chi connectivity index (χ0) is 20.2. The third kappa shape index (κ3) is 4.90. The molecule has 0 bridgehead atoms. The fourth-order valence-corrected chi connectivity index (χ4v) is 3.17. The number of ether oxygens (including phenoxy) is 2. The van der Waals surface area contributed by atoms with Gasteiger partial charge in [-0.25, -0.2) is 0 Å². The van der Waals surface area contributed by atoms with E-state index in [0.717, 1.165) is 16.9 Å². The molecular weight excluding hydrogens is 406 g/mol. The van der Waals surface area contributed by atoms with Crippen LogP contribution in [0.15, 0.2) is 48.7 Å². The van der Waals surface area contributed by atoms with Gasteiger partial charge in [0.05, 0.1) is 12.7 Å². The summed E-state index contributed by atoms with van der Waals surface area (Å²) in [7, 11) is 0. The van der Waals surface area contributed by atoms with Crippen LogP contribution in [0.4, 0.5) is 0 Å². The van der Waals surface area contributed by atoms with E-state index < -0.39 is 0 Å². The molecule has 1 aromatic heterocycles. The number of fused-ring (bicyclic) bond motifs is 1. The van der Waals surface area contributed by atoms with E-state index in [1.165, 1.54) is 5.56 Å². The van der Waals surface area contributed by atoms with E-state index in [9.17, 15) is 4.79 Å². The van der Waals surface area contributed by atoms with Crippen LogP contribution in [-0.4, -0.2) is 39.1 Å². The number of halogens is 1. The van der Waals surface area contributed by atoms with Gasteiger partial charge in [0.2, 0.25) is 6.79 Å². The summed E-state index contributed by atoms with van der Waals surface area (Å²) in [5.41, 5.74) is 9.02. The lowest BCUT2D eigenvalue weighted by molar-refractivity contribution is 0.0723. The fraction of sp³-hybridized carbons (Fsp3) is 0.286. The van der Waals surface area contributed by atoms with Crippen LogP contribution in [0.3, 0.4) is 0 Å². The minimum atomic E-state index is -0.188. The van der Waals surface area contributed by atoms with E-state index in [1.807, 2.05) is 49.4 Å². The first kappa shape index (κ1) is 21.6. The molecule has 0 saturated carbocycles. The molecule has 0 spiro atoms. The number of nitrogens with two attached hydrogens (primary N) is 1. The third-order valence-electron chi connectivity index (χ3n) is 4.71. The Morgan fingerprint density at radius 3 is 2.57 bits per heavy atom. The summed E-state index contributed by atoms with van der Waals surface area (Å²) in [5, 5.41) is 8.02. The maximum Gasteiger partial charge on any atom is 0.276 e. The average molecular weight is 430 g/mol. The Hall–Kier alpha value is -3.10. The van der Waals surface area contributed by atoms with E-state index in [1.54, 1.807) is 15.8 Å². The molecule has 2 aromatic carbocycles. The highest BCUT2D eigenvalue weighted by atomic mass is 35.5. The zero-order valence-corrected chi connectivity index (χ0v) is 17.5. The summed E-state index contributed by atoms with van der Waals surface area (Å²) in [6, 6.07) is 13.8. The zero-order valence-electron chi connectivity index (χ0n) is 16.7. The first-order valence-corrected chi connectivity index (χ1v) is 9.46. The molecule has 2 N–H and O–H groups in total. The lowest BCUT2D eigenvalue weighted by Gasteiger charge is -2.22. The van der Waals surface area contributed by atoms with Crippen molar-refractivity contribution in [1.29, 1.82) is 0 Å². The largest absolute Gasteiger partial charge is 0.454 e. The van der Waals surface area contributed by atoms with Gasteiger partial charge >= 0.3 is 0 Å². The summed E-state index contributed by atoms with van der Waals surface area (Å²) in [6.45, 7) is 4.07. The van der Waals surface area contributed by atoms with Crippen molar-refractivity contribution in [1.82, 2.24) is 19.9 Å². The van der Waals surface area contributed by atoms with Crippen LogP contribution in [0.25, 0.3) is 0 Å². The van der Waals surface area contributed by atoms with Crippen LogP contribution in [0.2, 0.25) is 0 Å². The Morgan fingerprint density at radius 2 is 1.80 bits per heavy atom. The summed E-state index contributed by atoms with van der Waals surface area (Å²) in [4.78, 5) is 14.9. The predicted octanol–water partition coefficient (Wildman–Crippen LogP) is 2.54. The number of hydrogen-bond acceptors (Lipinski definition) is 6. The number of aromatic nitrogens is 3. The Labute approximate surface area is 181 Å². The molecule has 0 atom stereocenters. The molecule has 0 fully saturated rings. The highest BCUT2D eigenvalue weighted by molar-refractivity contribution is 5.91. The second-order valence-corrected chi connectivity index (χ2v) is 6.99. The van der Waals surface area contributed by atoms with E-state index in [-0.39, 0.29) is 25.1 Å². The maximum absolute atomic E-state index is 13.2. The van der Waals surface area contributed by atoms with Gasteiger partial charge < -0.3 is 20.1 Å². The van der Waals surface area contributed by atoms with Gasteiger partial charge in [0.25, 0.3) is 5.91 Å². The Bertz CT molecular complexity index is 1010. The molecule has 3 aromatic rings. The normalized spacial score (nSPS) is 11.8. The average Bonchev–Trinajstić information content (AvgIpc) is 3.38. The van der Waals surface area contributed by atoms with Gasteiger partial charge in [-0.15, -0.1) is 17.5 Å². The van der Waals surface area contributed by atoms with Crippen molar-refractivity contribution < 1.29 is 14.3 Å². The van der Waals surface area contributed by atoms with Gasteiger partial charge in [0.15, 0.2) is 17.2 Å². The molecule has 158 valence electrons. The Kier molecular flexibility index (Phi) is 6.91. The van der Waals surface area contributed by atoms with Crippen LogP contribution in [0, 0.1) is 6.92 Å². The molecule has 0 unspecified atom stereocenters. The third-order valence-corrected chi connectivity index (χ3v) is 4.71. The highest BCUT2D eigenvalue weighted by Gasteiger charge is 2.21. The molecule has 9 heteroatoms. The first-order chi connectivity index (χ1) is 14.1. The first-order valence-electron chi connectivity index (χ1n) is 9.46. The van der Waals surface area contributed by atoms with Crippen molar-refractivity contribution in [3.05, 3.63) is 71.0 Å². The highest BCUT2D eigenvalue weighted by Crippen LogP contribution is 2.33. The van der Waals surface area contributed by atoms with Gasteiger partial charge in [-0.2, -0.15) is 0 Å². The molecule has 8 nitrogen and oxygen atoms in total. The number of amides is 1. The fourth-order valence-electron chi connectivity index (χ4n) is 3.17. The van der Waals surface area contributed by atoms with E-state index in [4.69, 9.17) is 15.2 Å². The summed E-state index contributed by atoms with van der Waals surface area (Å²) < 4.78 is 12.4. The number of hydrogen-bond donors (Lipinski definition) is 1. The molecule has 0 radical (unpaired) electrons. The SMILES string of the molecule is Cc1ccc(CN(Cc2ccc3c(c2)OCO3)C(=O)c2cn(CCN)nn2)cc1.Cl. The van der Waals surface area contributed by atoms with Gasteiger partial charge in [-0.05, 0) is 30.2 Å². The van der Waals surface area contributed by atoms with Crippen molar-refractivity contribution in [3.8, 4) is 11.5 Å². The number of rotatable bonds is 7. The second-order valence-electron chi connectivity index (χ2n) is 6.99. The standard InChI is InChI=1S/C21H23N5O3.ClH/c1-15-2-4-16(5-3-15)11-25(21(27)18-13-26(9-8-22)24-23-18)12-17-6-7-19-20(10-17)29-14-28-19;/h2-7,10,13H,8-9,11-12,14,22H2,1H3;1H. The lowest BCUT2D eigenvalue weighted by atomic mass is 10.1. The van der Waals surface area contributed by atoms with Crippen LogP contribution >= 0.6 is 12.4 Å². The quantitative estimate of drug-likeness (QED) is 0.620. The van der Waals surface area contributed by atoms with Crippen molar-refractivity contribution >= 4 is 18.3 Å². The van der Waals surface area contributed by atoms with Crippen molar-refractivity contribution in [2.75, 3.05) is 13.3 Å². The topological polar surface area (TPSA) is 95.5 Å². The van der Waals surface area contributed by atoms with Crippen LogP contribution in [0.5, 0.6) is 11.5 Å². The molecule has 0 aliphatic carbocycles. The number of carbonyl (C=O) groups is 1. The van der Waals surface area contributed by atoms with Crippen molar-refractivity contribution in [2.45, 2.75) is 26.6 Å².